The van der Waals surface area contributed by atoms with Crippen molar-refractivity contribution in [1.29, 1.82) is 5.26 Å². The molecule has 1 heterocycles. The molecular formula is C10H19N3O. The summed E-state index contributed by atoms with van der Waals surface area (Å²) in [6.07, 6.45) is 1.96. The molecule has 80 valence electrons. The van der Waals surface area contributed by atoms with Crippen LogP contribution >= 0.6 is 0 Å². The van der Waals surface area contributed by atoms with Crippen LogP contribution in [0.15, 0.2) is 0 Å². The molecule has 1 aliphatic heterocycles. The summed E-state index contributed by atoms with van der Waals surface area (Å²) in [4.78, 5) is 2.16. The van der Waals surface area contributed by atoms with E-state index in [2.05, 4.69) is 16.3 Å². The van der Waals surface area contributed by atoms with Gasteiger partial charge in [0.15, 0.2) is 0 Å². The summed E-state index contributed by atoms with van der Waals surface area (Å²) < 4.78 is 0. The molecule has 0 spiro atoms. The summed E-state index contributed by atoms with van der Waals surface area (Å²) in [7, 11) is 1.95. The molecule has 2 N–H and O–H groups in total. The molecule has 2 unspecified atom stereocenters. The maximum Gasteiger partial charge on any atom is 0.0866 e. The lowest BCUT2D eigenvalue weighted by Gasteiger charge is -2.36. The van der Waals surface area contributed by atoms with Gasteiger partial charge < -0.3 is 10.4 Å². The second-order valence-electron chi connectivity index (χ2n) is 3.95. The molecule has 1 rings (SSSR count). The first-order chi connectivity index (χ1) is 6.80. The Morgan fingerprint density at radius 3 is 2.93 bits per heavy atom. The zero-order valence-corrected chi connectivity index (χ0v) is 8.74. The number of likely N-dealkylation sites (N-methyl/N-ethyl adjacent to an activating group) is 1. The molecule has 0 amide bonds. The monoisotopic (exact) mass is 197 g/mol. The van der Waals surface area contributed by atoms with Crippen molar-refractivity contribution in [2.24, 2.45) is 5.92 Å². The van der Waals surface area contributed by atoms with E-state index >= 15 is 0 Å². The Bertz CT molecular complexity index is 202. The van der Waals surface area contributed by atoms with E-state index in [0.717, 1.165) is 25.9 Å². The fraction of sp³-hybridized carbons (Fsp3) is 0.900. The maximum absolute atomic E-state index is 8.89. The van der Waals surface area contributed by atoms with Crippen molar-refractivity contribution in [3.05, 3.63) is 0 Å². The highest BCUT2D eigenvalue weighted by Gasteiger charge is 2.25. The summed E-state index contributed by atoms with van der Waals surface area (Å²) in [5.74, 6) is 0.527. The van der Waals surface area contributed by atoms with E-state index in [0.29, 0.717) is 18.5 Å². The zero-order chi connectivity index (χ0) is 10.4. The number of piperidine rings is 1. The molecule has 0 aliphatic carbocycles. The number of hydrogen-bond acceptors (Lipinski definition) is 4. The van der Waals surface area contributed by atoms with Gasteiger partial charge in [0, 0.05) is 25.7 Å². The van der Waals surface area contributed by atoms with Crippen molar-refractivity contribution in [2.45, 2.75) is 18.9 Å². The SMILES string of the molecule is CNC1CC(CCO)CN(CC#N)C1. The fourth-order valence-electron chi connectivity index (χ4n) is 2.13. The molecule has 0 aromatic carbocycles. The predicted octanol–water partition coefficient (Wildman–Crippen LogP) is -0.198. The van der Waals surface area contributed by atoms with Crippen molar-refractivity contribution < 1.29 is 5.11 Å². The highest BCUT2D eigenvalue weighted by Crippen LogP contribution is 2.19. The normalized spacial score (nSPS) is 28.6. The predicted molar refractivity (Wildman–Crippen MR) is 54.7 cm³/mol. The van der Waals surface area contributed by atoms with Gasteiger partial charge in [-0.1, -0.05) is 0 Å². The third-order valence-electron chi connectivity index (χ3n) is 2.85. The summed E-state index contributed by atoms with van der Waals surface area (Å²) in [5, 5.41) is 20.8. The minimum Gasteiger partial charge on any atom is -0.396 e. The molecule has 1 saturated heterocycles. The van der Waals surface area contributed by atoms with E-state index in [4.69, 9.17) is 10.4 Å². The molecule has 0 aromatic rings. The fourth-order valence-corrected chi connectivity index (χ4v) is 2.13. The van der Waals surface area contributed by atoms with E-state index in [1.54, 1.807) is 0 Å². The molecule has 4 nitrogen and oxygen atoms in total. The molecular weight excluding hydrogens is 178 g/mol. The zero-order valence-electron chi connectivity index (χ0n) is 8.74. The van der Waals surface area contributed by atoms with Gasteiger partial charge in [0.2, 0.25) is 0 Å². The Balaban J connectivity index is 2.44. The average Bonchev–Trinajstić information content (AvgIpc) is 2.18. The largest absolute Gasteiger partial charge is 0.396 e. The highest BCUT2D eigenvalue weighted by molar-refractivity contribution is 4.87. The third-order valence-corrected chi connectivity index (χ3v) is 2.85. The van der Waals surface area contributed by atoms with Crippen LogP contribution in [0.2, 0.25) is 0 Å². The summed E-state index contributed by atoms with van der Waals surface area (Å²) in [5.41, 5.74) is 0. The van der Waals surface area contributed by atoms with Gasteiger partial charge in [-0.15, -0.1) is 0 Å². The standard InChI is InChI=1S/C10H19N3O/c1-12-10-6-9(2-5-14)7-13(8-10)4-3-11/h9-10,12,14H,2,4-8H2,1H3. The summed E-state index contributed by atoms with van der Waals surface area (Å²) >= 11 is 0. The lowest BCUT2D eigenvalue weighted by Crippen LogP contribution is -2.48. The summed E-state index contributed by atoms with van der Waals surface area (Å²) in [6, 6.07) is 2.65. The Hall–Kier alpha value is -0.630. The smallest absolute Gasteiger partial charge is 0.0866 e. The van der Waals surface area contributed by atoms with Gasteiger partial charge in [0.25, 0.3) is 0 Å². The van der Waals surface area contributed by atoms with Crippen LogP contribution in [0.1, 0.15) is 12.8 Å². The van der Waals surface area contributed by atoms with Crippen molar-refractivity contribution in [3.8, 4) is 6.07 Å². The molecule has 2 atom stereocenters. The number of hydrogen-bond donors (Lipinski definition) is 2. The summed E-state index contributed by atoms with van der Waals surface area (Å²) in [6.45, 7) is 2.65. The van der Waals surface area contributed by atoms with E-state index in [-0.39, 0.29) is 6.61 Å². The highest BCUT2D eigenvalue weighted by atomic mass is 16.3. The van der Waals surface area contributed by atoms with Gasteiger partial charge in [0.1, 0.15) is 0 Å². The first kappa shape index (κ1) is 11.4. The molecule has 14 heavy (non-hydrogen) atoms. The van der Waals surface area contributed by atoms with Gasteiger partial charge in [0.05, 0.1) is 12.6 Å². The first-order valence-electron chi connectivity index (χ1n) is 5.17. The number of nitrogens with zero attached hydrogens (tertiary/aromatic N) is 2. The van der Waals surface area contributed by atoms with Crippen molar-refractivity contribution >= 4 is 0 Å². The van der Waals surface area contributed by atoms with Gasteiger partial charge in [-0.3, -0.25) is 4.90 Å². The molecule has 1 fully saturated rings. The third kappa shape index (κ3) is 3.26. The molecule has 0 bridgehead atoms. The second-order valence-corrected chi connectivity index (χ2v) is 3.95. The van der Waals surface area contributed by atoms with Crippen LogP contribution in [0.5, 0.6) is 0 Å². The number of aliphatic hydroxyl groups excluding tert-OH is 1. The Morgan fingerprint density at radius 1 is 1.57 bits per heavy atom. The van der Waals surface area contributed by atoms with Crippen molar-refractivity contribution in [1.82, 2.24) is 10.2 Å². The maximum atomic E-state index is 8.89. The Kier molecular flexibility index (Phi) is 4.88. The van der Waals surface area contributed by atoms with Crippen LogP contribution in [0.25, 0.3) is 0 Å². The number of nitriles is 1. The van der Waals surface area contributed by atoms with Gasteiger partial charge in [-0.2, -0.15) is 5.26 Å². The minimum absolute atomic E-state index is 0.251. The molecule has 4 heteroatoms. The van der Waals surface area contributed by atoms with E-state index in [1.807, 2.05) is 7.05 Å². The van der Waals surface area contributed by atoms with E-state index < -0.39 is 0 Å². The Morgan fingerprint density at radius 2 is 2.36 bits per heavy atom. The number of likely N-dealkylation sites (tertiary alicyclic amines) is 1. The number of aliphatic hydroxyl groups is 1. The first-order valence-corrected chi connectivity index (χ1v) is 5.17. The molecule has 0 radical (unpaired) electrons. The molecule has 1 aliphatic rings. The van der Waals surface area contributed by atoms with Gasteiger partial charge in [-0.05, 0) is 25.8 Å². The van der Waals surface area contributed by atoms with Crippen LogP contribution in [0.3, 0.4) is 0 Å². The average molecular weight is 197 g/mol. The minimum atomic E-state index is 0.251. The topological polar surface area (TPSA) is 59.3 Å². The lowest BCUT2D eigenvalue weighted by molar-refractivity contribution is 0.135. The van der Waals surface area contributed by atoms with E-state index in [9.17, 15) is 0 Å². The van der Waals surface area contributed by atoms with E-state index in [1.165, 1.54) is 0 Å². The molecule has 0 aromatic heterocycles. The van der Waals surface area contributed by atoms with Crippen LogP contribution in [-0.4, -0.2) is 49.3 Å². The van der Waals surface area contributed by atoms with Gasteiger partial charge >= 0.3 is 0 Å². The van der Waals surface area contributed by atoms with Crippen LogP contribution in [0.4, 0.5) is 0 Å². The number of rotatable bonds is 4. The quantitative estimate of drug-likeness (QED) is 0.613. The lowest BCUT2D eigenvalue weighted by atomic mass is 9.92. The van der Waals surface area contributed by atoms with Crippen molar-refractivity contribution in [3.63, 3.8) is 0 Å². The molecule has 0 saturated carbocycles. The van der Waals surface area contributed by atoms with Crippen LogP contribution in [0, 0.1) is 17.2 Å². The van der Waals surface area contributed by atoms with Crippen molar-refractivity contribution in [2.75, 3.05) is 33.3 Å². The Labute approximate surface area is 85.5 Å². The second kappa shape index (κ2) is 5.97. The van der Waals surface area contributed by atoms with Crippen LogP contribution < -0.4 is 5.32 Å². The van der Waals surface area contributed by atoms with Crippen LogP contribution in [-0.2, 0) is 0 Å². The van der Waals surface area contributed by atoms with Gasteiger partial charge in [-0.25, -0.2) is 0 Å². The number of nitrogens with one attached hydrogen (secondary N) is 1.